The van der Waals surface area contributed by atoms with Crippen molar-refractivity contribution >= 4 is 28.9 Å². The summed E-state index contributed by atoms with van der Waals surface area (Å²) < 4.78 is 5.22. The highest BCUT2D eigenvalue weighted by molar-refractivity contribution is 6.32. The number of aromatic nitrogens is 1. The number of fused-ring (bicyclic) bond motifs is 1. The maximum absolute atomic E-state index is 13.3. The van der Waals surface area contributed by atoms with E-state index in [2.05, 4.69) is 10.3 Å². The smallest absolute Gasteiger partial charge is 0.262 e. The number of methoxy groups -OCH3 is 1. The molecule has 6 heteroatoms. The fourth-order valence-electron chi connectivity index (χ4n) is 3.10. The lowest BCUT2D eigenvalue weighted by Crippen LogP contribution is -2.43. The van der Waals surface area contributed by atoms with E-state index in [1.807, 2.05) is 42.5 Å². The number of amides is 1. The van der Waals surface area contributed by atoms with Gasteiger partial charge in [-0.15, -0.1) is 0 Å². The molecule has 26 heavy (non-hydrogen) atoms. The second-order valence-electron chi connectivity index (χ2n) is 5.87. The van der Waals surface area contributed by atoms with Crippen LogP contribution in [0.3, 0.4) is 0 Å². The molecule has 1 aromatic heterocycles. The predicted octanol–water partition coefficient (Wildman–Crippen LogP) is 4.51. The van der Waals surface area contributed by atoms with E-state index in [1.165, 1.54) is 0 Å². The lowest BCUT2D eigenvalue weighted by molar-refractivity contribution is 0.0975. The number of halogens is 1. The van der Waals surface area contributed by atoms with Crippen LogP contribution < -0.4 is 15.0 Å². The highest BCUT2D eigenvalue weighted by Crippen LogP contribution is 2.38. The molecule has 130 valence electrons. The van der Waals surface area contributed by atoms with Crippen molar-refractivity contribution in [2.75, 3.05) is 17.3 Å². The number of ether oxygens (including phenoxy) is 1. The van der Waals surface area contributed by atoms with Crippen LogP contribution in [0.2, 0.25) is 5.02 Å². The van der Waals surface area contributed by atoms with Crippen LogP contribution in [-0.4, -0.2) is 18.0 Å². The summed E-state index contributed by atoms with van der Waals surface area (Å²) in [4.78, 5) is 19.1. The van der Waals surface area contributed by atoms with Crippen LogP contribution >= 0.6 is 11.6 Å². The number of rotatable bonds is 3. The maximum Gasteiger partial charge on any atom is 0.262 e. The van der Waals surface area contributed by atoms with Gasteiger partial charge in [0.2, 0.25) is 0 Å². The van der Waals surface area contributed by atoms with Crippen LogP contribution in [0, 0.1) is 0 Å². The molecule has 1 aliphatic rings. The summed E-state index contributed by atoms with van der Waals surface area (Å²) >= 11 is 6.29. The number of para-hydroxylation sites is 1. The van der Waals surface area contributed by atoms with Gasteiger partial charge in [0.15, 0.2) is 0 Å². The van der Waals surface area contributed by atoms with E-state index in [9.17, 15) is 4.79 Å². The summed E-state index contributed by atoms with van der Waals surface area (Å²) in [7, 11) is 1.56. The van der Waals surface area contributed by atoms with Gasteiger partial charge in [-0.05, 0) is 36.4 Å². The summed E-state index contributed by atoms with van der Waals surface area (Å²) in [6, 6.07) is 16.5. The zero-order valence-corrected chi connectivity index (χ0v) is 14.8. The van der Waals surface area contributed by atoms with Gasteiger partial charge in [0.25, 0.3) is 5.91 Å². The van der Waals surface area contributed by atoms with Gasteiger partial charge in [-0.1, -0.05) is 29.8 Å². The number of nitrogens with zero attached hydrogens (tertiary/aromatic N) is 2. The van der Waals surface area contributed by atoms with Gasteiger partial charge in [0.05, 0.1) is 17.7 Å². The topological polar surface area (TPSA) is 54.5 Å². The first-order valence-corrected chi connectivity index (χ1v) is 8.49. The largest absolute Gasteiger partial charge is 0.495 e. The van der Waals surface area contributed by atoms with Crippen molar-refractivity contribution in [3.05, 3.63) is 83.1 Å². The van der Waals surface area contributed by atoms with E-state index in [0.717, 1.165) is 11.3 Å². The minimum Gasteiger partial charge on any atom is -0.495 e. The highest BCUT2D eigenvalue weighted by atomic mass is 35.5. The van der Waals surface area contributed by atoms with Crippen molar-refractivity contribution in [1.29, 1.82) is 0 Å². The van der Waals surface area contributed by atoms with Crippen LogP contribution in [0.15, 0.2) is 67.0 Å². The Balaban J connectivity index is 1.85. The number of anilines is 2. The SMILES string of the molecule is COc1ccc(N2C(=O)c3ccccc3N[C@H]2c2cccnc2)cc1Cl. The van der Waals surface area contributed by atoms with Gasteiger partial charge in [0, 0.05) is 29.3 Å². The normalized spacial score (nSPS) is 16.0. The monoisotopic (exact) mass is 365 g/mol. The van der Waals surface area contributed by atoms with E-state index < -0.39 is 6.17 Å². The van der Waals surface area contributed by atoms with Crippen LogP contribution in [0.4, 0.5) is 11.4 Å². The number of pyridine rings is 1. The van der Waals surface area contributed by atoms with Crippen LogP contribution in [-0.2, 0) is 0 Å². The minimum atomic E-state index is -0.393. The molecule has 1 aliphatic heterocycles. The molecule has 3 aromatic rings. The molecular formula is C20H16ClN3O2. The molecule has 1 amide bonds. The Morgan fingerprint density at radius 2 is 2.00 bits per heavy atom. The van der Waals surface area contributed by atoms with Crippen molar-refractivity contribution in [2.45, 2.75) is 6.17 Å². The first kappa shape index (κ1) is 16.4. The molecular weight excluding hydrogens is 350 g/mol. The number of nitrogens with one attached hydrogen (secondary N) is 1. The number of hydrogen-bond donors (Lipinski definition) is 1. The summed E-state index contributed by atoms with van der Waals surface area (Å²) in [6.45, 7) is 0. The molecule has 0 unspecified atom stereocenters. The average Bonchev–Trinajstić information content (AvgIpc) is 2.68. The quantitative estimate of drug-likeness (QED) is 0.741. The molecule has 1 N–H and O–H groups in total. The maximum atomic E-state index is 13.3. The first-order valence-electron chi connectivity index (χ1n) is 8.11. The van der Waals surface area contributed by atoms with E-state index in [4.69, 9.17) is 16.3 Å². The number of carbonyl (C=O) groups is 1. The third-order valence-electron chi connectivity index (χ3n) is 4.34. The van der Waals surface area contributed by atoms with Crippen LogP contribution in [0.1, 0.15) is 22.1 Å². The Morgan fingerprint density at radius 3 is 2.73 bits per heavy atom. The van der Waals surface area contributed by atoms with Crippen molar-refractivity contribution in [3.8, 4) is 5.75 Å². The van der Waals surface area contributed by atoms with Gasteiger partial charge in [-0.2, -0.15) is 0 Å². The molecule has 5 nitrogen and oxygen atoms in total. The Hall–Kier alpha value is -3.05. The number of carbonyl (C=O) groups excluding carboxylic acids is 1. The fourth-order valence-corrected chi connectivity index (χ4v) is 3.35. The molecule has 0 saturated heterocycles. The molecule has 0 fully saturated rings. The molecule has 0 spiro atoms. The molecule has 0 aliphatic carbocycles. The van der Waals surface area contributed by atoms with Gasteiger partial charge in [-0.25, -0.2) is 0 Å². The highest BCUT2D eigenvalue weighted by Gasteiger charge is 2.34. The molecule has 2 heterocycles. The van der Waals surface area contributed by atoms with Gasteiger partial charge in [0.1, 0.15) is 11.9 Å². The standard InChI is InChI=1S/C20H16ClN3O2/c1-26-18-9-8-14(11-16(18)21)24-19(13-5-4-10-22-12-13)23-17-7-3-2-6-15(17)20(24)25/h2-12,19,23H,1H3/t19-/m1/s1. The molecule has 0 bridgehead atoms. The van der Waals surface area contributed by atoms with Crippen molar-refractivity contribution in [3.63, 3.8) is 0 Å². The molecule has 0 saturated carbocycles. The summed E-state index contributed by atoms with van der Waals surface area (Å²) in [6.07, 6.45) is 3.06. The summed E-state index contributed by atoms with van der Waals surface area (Å²) in [5, 5.41) is 3.88. The molecule has 2 aromatic carbocycles. The van der Waals surface area contributed by atoms with E-state index >= 15 is 0 Å². The summed E-state index contributed by atoms with van der Waals surface area (Å²) in [5.74, 6) is 0.459. The van der Waals surface area contributed by atoms with Gasteiger partial charge in [-0.3, -0.25) is 14.7 Å². The van der Waals surface area contributed by atoms with Gasteiger partial charge < -0.3 is 10.1 Å². The zero-order valence-electron chi connectivity index (χ0n) is 14.0. The average molecular weight is 366 g/mol. The summed E-state index contributed by atoms with van der Waals surface area (Å²) in [5.41, 5.74) is 2.96. The first-order chi connectivity index (χ1) is 12.7. The van der Waals surface area contributed by atoms with E-state index in [-0.39, 0.29) is 5.91 Å². The minimum absolute atomic E-state index is 0.102. The van der Waals surface area contributed by atoms with Crippen molar-refractivity contribution in [1.82, 2.24) is 4.98 Å². The van der Waals surface area contributed by atoms with Gasteiger partial charge >= 0.3 is 0 Å². The predicted molar refractivity (Wildman–Crippen MR) is 102 cm³/mol. The lowest BCUT2D eigenvalue weighted by Gasteiger charge is -2.38. The van der Waals surface area contributed by atoms with E-state index in [1.54, 1.807) is 36.5 Å². The van der Waals surface area contributed by atoms with E-state index in [0.29, 0.717) is 22.0 Å². The molecule has 1 atom stereocenters. The zero-order chi connectivity index (χ0) is 18.1. The lowest BCUT2D eigenvalue weighted by atomic mass is 10.0. The third kappa shape index (κ3) is 2.76. The van der Waals surface area contributed by atoms with Crippen molar-refractivity contribution < 1.29 is 9.53 Å². The second kappa shape index (κ2) is 6.69. The van der Waals surface area contributed by atoms with Crippen LogP contribution in [0.5, 0.6) is 5.75 Å². The fraction of sp³-hybridized carbons (Fsp3) is 0.100. The molecule has 0 radical (unpaired) electrons. The Kier molecular flexibility index (Phi) is 4.22. The van der Waals surface area contributed by atoms with Crippen molar-refractivity contribution in [2.24, 2.45) is 0 Å². The Labute approximate surface area is 156 Å². The second-order valence-corrected chi connectivity index (χ2v) is 6.28. The third-order valence-corrected chi connectivity index (χ3v) is 4.64. The Bertz CT molecular complexity index is 962. The van der Waals surface area contributed by atoms with Crippen LogP contribution in [0.25, 0.3) is 0 Å². The Morgan fingerprint density at radius 1 is 1.15 bits per heavy atom. The molecule has 4 rings (SSSR count). The number of benzene rings is 2. The number of hydrogen-bond acceptors (Lipinski definition) is 4.